The Kier molecular flexibility index (Phi) is 6.57. The maximum absolute atomic E-state index is 12.9. The third-order valence-corrected chi connectivity index (χ3v) is 7.60. The fraction of sp³-hybridized carbons (Fsp3) is 0.316. The molecule has 0 saturated carbocycles. The summed E-state index contributed by atoms with van der Waals surface area (Å²) in [5, 5.41) is 3.56. The highest BCUT2D eigenvalue weighted by Gasteiger charge is 2.33. The average molecular weight is 462 g/mol. The van der Waals surface area contributed by atoms with Crippen molar-refractivity contribution in [1.29, 1.82) is 0 Å². The topological polar surface area (TPSA) is 66.5 Å². The van der Waals surface area contributed by atoms with Crippen LogP contribution in [0, 0.1) is 12.8 Å². The van der Waals surface area contributed by atoms with Crippen molar-refractivity contribution < 1.29 is 13.2 Å². The number of piperidine rings is 1. The van der Waals surface area contributed by atoms with E-state index in [9.17, 15) is 13.2 Å². The summed E-state index contributed by atoms with van der Waals surface area (Å²) in [6.07, 6.45) is 1.18. The maximum Gasteiger partial charge on any atom is 0.243 e. The minimum absolute atomic E-state index is 0.112. The fourth-order valence-electron chi connectivity index (χ4n) is 3.09. The van der Waals surface area contributed by atoms with Crippen LogP contribution in [0.15, 0.2) is 41.3 Å². The van der Waals surface area contributed by atoms with Gasteiger partial charge in [0.05, 0.1) is 31.6 Å². The molecular formula is C19H19Cl3N2O3S. The first-order valence-electron chi connectivity index (χ1n) is 8.70. The number of hydrogen-bond acceptors (Lipinski definition) is 3. The summed E-state index contributed by atoms with van der Waals surface area (Å²) in [7, 11) is -3.65. The van der Waals surface area contributed by atoms with Crippen LogP contribution < -0.4 is 5.32 Å². The van der Waals surface area contributed by atoms with E-state index in [1.807, 2.05) is 6.92 Å². The summed E-state index contributed by atoms with van der Waals surface area (Å²) in [6.45, 7) is 2.39. The van der Waals surface area contributed by atoms with Crippen molar-refractivity contribution in [1.82, 2.24) is 4.31 Å². The smallest absolute Gasteiger partial charge is 0.243 e. The maximum atomic E-state index is 12.9. The number of sulfonamides is 1. The van der Waals surface area contributed by atoms with Gasteiger partial charge in [-0.3, -0.25) is 4.79 Å². The number of aryl methyl sites for hydroxylation is 1. The first-order chi connectivity index (χ1) is 13.2. The Morgan fingerprint density at radius 1 is 1.07 bits per heavy atom. The molecule has 150 valence electrons. The van der Waals surface area contributed by atoms with E-state index in [2.05, 4.69) is 5.32 Å². The molecule has 2 aromatic rings. The van der Waals surface area contributed by atoms with Crippen LogP contribution in [0.5, 0.6) is 0 Å². The molecule has 1 saturated heterocycles. The number of benzene rings is 2. The molecule has 0 aromatic heterocycles. The lowest BCUT2D eigenvalue weighted by atomic mass is 9.98. The molecule has 0 radical (unpaired) electrons. The van der Waals surface area contributed by atoms with Gasteiger partial charge in [-0.2, -0.15) is 4.31 Å². The highest BCUT2D eigenvalue weighted by atomic mass is 35.5. The molecule has 5 nitrogen and oxygen atoms in total. The molecular weight excluding hydrogens is 443 g/mol. The average Bonchev–Trinajstić information content (AvgIpc) is 2.66. The number of nitrogens with zero attached hydrogens (tertiary/aromatic N) is 1. The molecule has 1 atom stereocenters. The molecule has 1 amide bonds. The van der Waals surface area contributed by atoms with Crippen LogP contribution in [-0.2, 0) is 14.8 Å². The minimum atomic E-state index is -3.65. The zero-order valence-electron chi connectivity index (χ0n) is 15.1. The Balaban J connectivity index is 1.75. The highest BCUT2D eigenvalue weighted by Crippen LogP contribution is 2.33. The molecule has 0 bridgehead atoms. The van der Waals surface area contributed by atoms with Crippen LogP contribution in [0.3, 0.4) is 0 Å². The van der Waals surface area contributed by atoms with Crippen LogP contribution in [0.1, 0.15) is 18.4 Å². The molecule has 0 aliphatic carbocycles. The number of carbonyl (C=O) groups excluding carboxylic acids is 1. The van der Waals surface area contributed by atoms with E-state index in [0.717, 1.165) is 5.56 Å². The molecule has 1 fully saturated rings. The van der Waals surface area contributed by atoms with Crippen molar-refractivity contribution in [3.05, 3.63) is 57.0 Å². The van der Waals surface area contributed by atoms with Crippen molar-refractivity contribution >= 4 is 56.4 Å². The fourth-order valence-corrected chi connectivity index (χ4v) is 5.21. The number of carbonyl (C=O) groups is 1. The van der Waals surface area contributed by atoms with Crippen molar-refractivity contribution in [2.24, 2.45) is 5.92 Å². The first-order valence-corrected chi connectivity index (χ1v) is 11.3. The largest absolute Gasteiger partial charge is 0.324 e. The van der Waals surface area contributed by atoms with E-state index in [0.29, 0.717) is 25.1 Å². The Hall–Kier alpha value is -1.31. The lowest BCUT2D eigenvalue weighted by Gasteiger charge is -2.31. The molecule has 1 N–H and O–H groups in total. The molecule has 28 heavy (non-hydrogen) atoms. The second-order valence-corrected chi connectivity index (χ2v) is 9.91. The van der Waals surface area contributed by atoms with Gasteiger partial charge in [-0.05, 0) is 44.0 Å². The molecule has 9 heteroatoms. The summed E-state index contributed by atoms with van der Waals surface area (Å²) in [5.41, 5.74) is 1.33. The predicted octanol–water partition coefficient (Wildman–Crippen LogP) is 4.99. The minimum Gasteiger partial charge on any atom is -0.324 e. The number of anilines is 1. The van der Waals surface area contributed by atoms with Crippen molar-refractivity contribution in [2.45, 2.75) is 24.7 Å². The van der Waals surface area contributed by atoms with Crippen molar-refractivity contribution in [3.63, 3.8) is 0 Å². The van der Waals surface area contributed by atoms with Gasteiger partial charge in [-0.25, -0.2) is 8.42 Å². The number of amides is 1. The third kappa shape index (κ3) is 4.63. The SMILES string of the molecule is Cc1ccc(S(=O)(=O)N2CCC[C@H](C(=O)Nc3cc(Cl)c(Cl)cc3Cl)C2)cc1. The summed E-state index contributed by atoms with van der Waals surface area (Å²) >= 11 is 18.0. The van der Waals surface area contributed by atoms with Crippen LogP contribution >= 0.6 is 34.8 Å². The Morgan fingerprint density at radius 2 is 1.71 bits per heavy atom. The van der Waals surface area contributed by atoms with Gasteiger partial charge in [-0.15, -0.1) is 0 Å². The number of nitrogens with one attached hydrogen (secondary N) is 1. The van der Waals surface area contributed by atoms with Crippen LogP contribution in [-0.4, -0.2) is 31.7 Å². The summed E-state index contributed by atoms with van der Waals surface area (Å²) < 4.78 is 27.2. The molecule has 2 aromatic carbocycles. The normalized spacial score (nSPS) is 18.1. The third-order valence-electron chi connectivity index (χ3n) is 4.68. The van der Waals surface area contributed by atoms with E-state index < -0.39 is 15.9 Å². The zero-order valence-corrected chi connectivity index (χ0v) is 18.2. The van der Waals surface area contributed by atoms with Gasteiger partial charge in [0.25, 0.3) is 0 Å². The van der Waals surface area contributed by atoms with Gasteiger partial charge in [0.2, 0.25) is 15.9 Å². The first kappa shape index (κ1) is 21.4. The quantitative estimate of drug-likeness (QED) is 0.652. The van der Waals surface area contributed by atoms with Crippen LogP contribution in [0.4, 0.5) is 5.69 Å². The zero-order chi connectivity index (χ0) is 20.5. The predicted molar refractivity (Wildman–Crippen MR) is 113 cm³/mol. The summed E-state index contributed by atoms with van der Waals surface area (Å²) in [6, 6.07) is 9.62. The standard InChI is InChI=1S/C19H19Cl3N2O3S/c1-12-4-6-14(7-5-12)28(26,27)24-8-2-3-13(11-24)19(25)23-18-10-16(21)15(20)9-17(18)22/h4-7,9-10,13H,2-3,8,11H2,1H3,(H,23,25)/t13-/m0/s1. The second kappa shape index (κ2) is 8.59. The molecule has 1 aliphatic heterocycles. The van der Waals surface area contributed by atoms with Gasteiger partial charge >= 0.3 is 0 Å². The number of rotatable bonds is 4. The van der Waals surface area contributed by atoms with Crippen molar-refractivity contribution in [3.8, 4) is 0 Å². The highest BCUT2D eigenvalue weighted by molar-refractivity contribution is 7.89. The number of halogens is 3. The van der Waals surface area contributed by atoms with Gasteiger partial charge in [0, 0.05) is 13.1 Å². The molecule has 3 rings (SSSR count). The molecule has 1 aliphatic rings. The van der Waals surface area contributed by atoms with E-state index in [-0.39, 0.29) is 32.4 Å². The second-order valence-electron chi connectivity index (χ2n) is 6.75. The van der Waals surface area contributed by atoms with Crippen LogP contribution in [0.2, 0.25) is 15.1 Å². The lowest BCUT2D eigenvalue weighted by molar-refractivity contribution is -0.120. The lowest BCUT2D eigenvalue weighted by Crippen LogP contribution is -2.43. The molecule has 0 spiro atoms. The molecule has 1 heterocycles. The van der Waals surface area contributed by atoms with E-state index in [1.165, 1.54) is 16.4 Å². The van der Waals surface area contributed by atoms with Gasteiger partial charge in [0.1, 0.15) is 0 Å². The van der Waals surface area contributed by atoms with Gasteiger partial charge in [0.15, 0.2) is 0 Å². The van der Waals surface area contributed by atoms with Gasteiger partial charge in [-0.1, -0.05) is 52.5 Å². The van der Waals surface area contributed by atoms with E-state index >= 15 is 0 Å². The monoisotopic (exact) mass is 460 g/mol. The number of hydrogen-bond donors (Lipinski definition) is 1. The Morgan fingerprint density at radius 3 is 2.39 bits per heavy atom. The summed E-state index contributed by atoms with van der Waals surface area (Å²) in [5.74, 6) is -0.788. The van der Waals surface area contributed by atoms with E-state index in [1.54, 1.807) is 24.3 Å². The summed E-state index contributed by atoms with van der Waals surface area (Å²) in [4.78, 5) is 12.9. The Labute approximate surface area is 179 Å². The Bertz CT molecular complexity index is 994. The van der Waals surface area contributed by atoms with Gasteiger partial charge < -0.3 is 5.32 Å². The van der Waals surface area contributed by atoms with Crippen LogP contribution in [0.25, 0.3) is 0 Å². The molecule has 0 unspecified atom stereocenters. The van der Waals surface area contributed by atoms with E-state index in [4.69, 9.17) is 34.8 Å². The van der Waals surface area contributed by atoms with Crippen molar-refractivity contribution in [2.75, 3.05) is 18.4 Å².